The summed E-state index contributed by atoms with van der Waals surface area (Å²) >= 11 is 0. The van der Waals surface area contributed by atoms with Crippen LogP contribution in [0.4, 0.5) is 0 Å². The molecule has 1 aromatic carbocycles. The number of H-pyrrole nitrogens is 1. The number of aromatic amines is 1. The first-order valence-corrected chi connectivity index (χ1v) is 7.74. The van der Waals surface area contributed by atoms with E-state index in [4.69, 9.17) is 0 Å². The molecule has 103 valence electrons. The van der Waals surface area contributed by atoms with Gasteiger partial charge in [0.05, 0.1) is 0 Å². The molecule has 1 heteroatoms. The number of aromatic nitrogens is 1. The molecule has 0 aliphatic carbocycles. The molecule has 1 radical (unpaired) electrons. The maximum atomic E-state index is 3.41. The Hall–Kier alpha value is -1.24. The molecule has 19 heavy (non-hydrogen) atoms. The van der Waals surface area contributed by atoms with Crippen LogP contribution in [0.2, 0.25) is 0 Å². The zero-order valence-electron chi connectivity index (χ0n) is 12.3. The van der Waals surface area contributed by atoms with Crippen molar-refractivity contribution in [3.8, 4) is 0 Å². The highest BCUT2D eigenvalue weighted by molar-refractivity contribution is 5.83. The van der Waals surface area contributed by atoms with E-state index in [1.165, 1.54) is 55.0 Å². The summed E-state index contributed by atoms with van der Waals surface area (Å²) in [4.78, 5) is 3.41. The summed E-state index contributed by atoms with van der Waals surface area (Å²) in [7, 11) is 0. The van der Waals surface area contributed by atoms with Crippen LogP contribution < -0.4 is 0 Å². The fraction of sp³-hybridized carbons (Fsp3) is 0.500. The van der Waals surface area contributed by atoms with Crippen molar-refractivity contribution in [2.75, 3.05) is 0 Å². The zero-order valence-corrected chi connectivity index (χ0v) is 12.3. The lowest BCUT2D eigenvalue weighted by atomic mass is 9.90. The topological polar surface area (TPSA) is 15.8 Å². The number of fused-ring (bicyclic) bond motifs is 1. The van der Waals surface area contributed by atoms with Gasteiger partial charge in [-0.2, -0.15) is 0 Å². The third kappa shape index (κ3) is 3.62. The van der Waals surface area contributed by atoms with Crippen molar-refractivity contribution in [1.29, 1.82) is 0 Å². The van der Waals surface area contributed by atoms with Crippen LogP contribution in [-0.2, 0) is 0 Å². The SMILES string of the molecule is CC[CH]CCCCC(CC)c1c[nH]c2ccccc12. The molecule has 0 fully saturated rings. The van der Waals surface area contributed by atoms with Crippen LogP contribution in [0.25, 0.3) is 10.9 Å². The van der Waals surface area contributed by atoms with E-state index in [9.17, 15) is 0 Å². The number of nitrogens with one attached hydrogen (secondary N) is 1. The Labute approximate surface area is 117 Å². The Morgan fingerprint density at radius 1 is 1.16 bits per heavy atom. The second-order valence-corrected chi connectivity index (χ2v) is 5.38. The fourth-order valence-corrected chi connectivity index (χ4v) is 2.89. The van der Waals surface area contributed by atoms with Crippen LogP contribution in [0.1, 0.15) is 63.9 Å². The zero-order chi connectivity index (χ0) is 13.5. The normalized spacial score (nSPS) is 12.9. The predicted molar refractivity (Wildman–Crippen MR) is 84.4 cm³/mol. The van der Waals surface area contributed by atoms with Gasteiger partial charge in [-0.05, 0) is 36.8 Å². The van der Waals surface area contributed by atoms with Crippen LogP contribution in [0.15, 0.2) is 30.5 Å². The molecule has 1 atom stereocenters. The monoisotopic (exact) mass is 256 g/mol. The van der Waals surface area contributed by atoms with E-state index in [0.717, 1.165) is 0 Å². The largest absolute Gasteiger partial charge is 0.361 e. The van der Waals surface area contributed by atoms with Gasteiger partial charge in [0.2, 0.25) is 0 Å². The smallest absolute Gasteiger partial charge is 0.0456 e. The lowest BCUT2D eigenvalue weighted by molar-refractivity contribution is 0.556. The van der Waals surface area contributed by atoms with Crippen molar-refractivity contribution < 1.29 is 0 Å². The Balaban J connectivity index is 1.97. The number of unbranched alkanes of at least 4 members (excludes halogenated alkanes) is 4. The van der Waals surface area contributed by atoms with Gasteiger partial charge in [-0.25, -0.2) is 0 Å². The van der Waals surface area contributed by atoms with Crippen LogP contribution >= 0.6 is 0 Å². The van der Waals surface area contributed by atoms with Gasteiger partial charge in [-0.15, -0.1) is 0 Å². The molecular formula is C18H26N. The molecule has 1 heterocycles. The summed E-state index contributed by atoms with van der Waals surface area (Å²) in [6.07, 6.45) is 12.3. The van der Waals surface area contributed by atoms with Crippen molar-refractivity contribution in [2.45, 2.75) is 58.3 Å². The summed E-state index contributed by atoms with van der Waals surface area (Å²) in [6, 6.07) is 8.66. The summed E-state index contributed by atoms with van der Waals surface area (Å²) in [5.41, 5.74) is 2.79. The first kappa shape index (κ1) is 14.2. The van der Waals surface area contributed by atoms with Crippen LogP contribution in [0, 0.1) is 6.42 Å². The molecule has 1 N–H and O–H groups in total. The van der Waals surface area contributed by atoms with E-state index >= 15 is 0 Å². The maximum absolute atomic E-state index is 3.41. The van der Waals surface area contributed by atoms with Crippen molar-refractivity contribution in [1.82, 2.24) is 4.98 Å². The predicted octanol–water partition coefficient (Wildman–Crippen LogP) is 5.84. The van der Waals surface area contributed by atoms with Crippen molar-refractivity contribution >= 4 is 10.9 Å². The molecule has 1 aromatic heterocycles. The molecule has 0 aliphatic rings. The highest BCUT2D eigenvalue weighted by Gasteiger charge is 2.13. The van der Waals surface area contributed by atoms with Crippen LogP contribution in [0.3, 0.4) is 0 Å². The van der Waals surface area contributed by atoms with Gasteiger partial charge in [0.25, 0.3) is 0 Å². The molecule has 2 aromatic rings. The molecule has 0 saturated heterocycles. The Morgan fingerprint density at radius 3 is 2.79 bits per heavy atom. The molecule has 0 aliphatic heterocycles. The van der Waals surface area contributed by atoms with Gasteiger partial charge in [0, 0.05) is 17.1 Å². The molecule has 2 rings (SSSR count). The Morgan fingerprint density at radius 2 is 2.00 bits per heavy atom. The Bertz CT molecular complexity index is 483. The van der Waals surface area contributed by atoms with Gasteiger partial charge >= 0.3 is 0 Å². The highest BCUT2D eigenvalue weighted by Crippen LogP contribution is 2.31. The molecule has 1 unspecified atom stereocenters. The molecule has 0 spiro atoms. The second kappa shape index (κ2) is 7.37. The minimum absolute atomic E-state index is 0.706. The van der Waals surface area contributed by atoms with Crippen molar-refractivity contribution in [2.24, 2.45) is 0 Å². The first-order valence-electron chi connectivity index (χ1n) is 7.74. The third-order valence-electron chi connectivity index (χ3n) is 4.05. The third-order valence-corrected chi connectivity index (χ3v) is 4.05. The Kier molecular flexibility index (Phi) is 5.50. The summed E-state index contributed by atoms with van der Waals surface area (Å²) in [5.74, 6) is 0.706. The average molecular weight is 256 g/mol. The summed E-state index contributed by atoms with van der Waals surface area (Å²) in [5, 5.41) is 1.41. The van der Waals surface area contributed by atoms with Gasteiger partial charge in [-0.3, -0.25) is 0 Å². The number of hydrogen-bond donors (Lipinski definition) is 1. The van der Waals surface area contributed by atoms with Crippen molar-refractivity contribution in [3.05, 3.63) is 42.4 Å². The highest BCUT2D eigenvalue weighted by atomic mass is 14.7. The minimum Gasteiger partial charge on any atom is -0.361 e. The lowest BCUT2D eigenvalue weighted by Crippen LogP contribution is -1.96. The van der Waals surface area contributed by atoms with Crippen LogP contribution in [0.5, 0.6) is 0 Å². The lowest BCUT2D eigenvalue weighted by Gasteiger charge is -2.14. The quantitative estimate of drug-likeness (QED) is 0.571. The van der Waals surface area contributed by atoms with E-state index in [1.807, 2.05) is 0 Å². The average Bonchev–Trinajstić information content (AvgIpc) is 2.87. The molecular weight excluding hydrogens is 230 g/mol. The fourth-order valence-electron chi connectivity index (χ4n) is 2.89. The molecule has 0 amide bonds. The van der Waals surface area contributed by atoms with E-state index in [1.54, 1.807) is 0 Å². The van der Waals surface area contributed by atoms with E-state index < -0.39 is 0 Å². The number of rotatable bonds is 8. The van der Waals surface area contributed by atoms with Gasteiger partial charge in [0.15, 0.2) is 0 Å². The maximum Gasteiger partial charge on any atom is 0.0456 e. The number of para-hydroxylation sites is 1. The summed E-state index contributed by atoms with van der Waals surface area (Å²) in [6.45, 7) is 4.53. The van der Waals surface area contributed by atoms with E-state index in [2.05, 4.69) is 55.7 Å². The summed E-state index contributed by atoms with van der Waals surface area (Å²) < 4.78 is 0. The first-order chi connectivity index (χ1) is 9.36. The van der Waals surface area contributed by atoms with E-state index in [0.29, 0.717) is 5.92 Å². The second-order valence-electron chi connectivity index (χ2n) is 5.38. The molecule has 0 saturated carbocycles. The molecule has 1 nitrogen and oxygen atoms in total. The van der Waals surface area contributed by atoms with Crippen LogP contribution in [-0.4, -0.2) is 4.98 Å². The van der Waals surface area contributed by atoms with Gasteiger partial charge < -0.3 is 4.98 Å². The van der Waals surface area contributed by atoms with Crippen molar-refractivity contribution in [3.63, 3.8) is 0 Å². The van der Waals surface area contributed by atoms with Gasteiger partial charge in [0.1, 0.15) is 0 Å². The minimum atomic E-state index is 0.706. The standard InChI is InChI=1S/C18H26N/c1-3-5-6-7-8-11-15(4-2)17-14-19-18-13-10-9-12-16(17)18/h5,9-10,12-15,19H,3-4,6-8,11H2,1-2H3. The number of hydrogen-bond acceptors (Lipinski definition) is 0. The molecule has 0 bridgehead atoms. The van der Waals surface area contributed by atoms with Gasteiger partial charge in [-0.1, -0.05) is 57.7 Å². The number of benzene rings is 1. The van der Waals surface area contributed by atoms with E-state index in [-0.39, 0.29) is 0 Å².